The van der Waals surface area contributed by atoms with Gasteiger partial charge in [0.1, 0.15) is 12.4 Å². The summed E-state index contributed by atoms with van der Waals surface area (Å²) in [6, 6.07) is 27.1. The van der Waals surface area contributed by atoms with Crippen LogP contribution >= 0.6 is 0 Å². The number of carbonyl (C=O) groups excluding carboxylic acids is 1. The summed E-state index contributed by atoms with van der Waals surface area (Å²) in [5.74, 6) is 0.725. The maximum absolute atomic E-state index is 12.7. The third-order valence-electron chi connectivity index (χ3n) is 4.51. The first kappa shape index (κ1) is 17.8. The number of nitrogens with zero attached hydrogens (tertiary/aromatic N) is 1. The number of ether oxygens (including phenoxy) is 1. The number of hydroxylamine groups is 1. The highest BCUT2D eigenvalue weighted by atomic mass is 16.6. The van der Waals surface area contributed by atoms with Gasteiger partial charge in [-0.2, -0.15) is 0 Å². The molecule has 5 heteroatoms. The highest BCUT2D eigenvalue weighted by molar-refractivity contribution is 6.00. The van der Waals surface area contributed by atoms with Crippen molar-refractivity contribution >= 4 is 16.9 Å². The second-order valence-electron chi connectivity index (χ2n) is 6.31. The Kier molecular flexibility index (Phi) is 5.08. The van der Waals surface area contributed by atoms with Crippen LogP contribution in [0.25, 0.3) is 22.2 Å². The third-order valence-corrected chi connectivity index (χ3v) is 4.51. The number of rotatable bonds is 5. The van der Waals surface area contributed by atoms with Gasteiger partial charge in [0.05, 0.1) is 18.3 Å². The molecule has 0 atom stereocenters. The van der Waals surface area contributed by atoms with Crippen LogP contribution in [0.2, 0.25) is 0 Å². The van der Waals surface area contributed by atoms with Gasteiger partial charge < -0.3 is 4.74 Å². The average molecular weight is 372 g/mol. The summed E-state index contributed by atoms with van der Waals surface area (Å²) >= 11 is 0. The average Bonchev–Trinajstić information content (AvgIpc) is 3.14. The molecule has 0 saturated carbocycles. The zero-order chi connectivity index (χ0) is 19.3. The van der Waals surface area contributed by atoms with Crippen LogP contribution in [0.5, 0.6) is 5.75 Å². The van der Waals surface area contributed by atoms with Crippen molar-refractivity contribution < 1.29 is 14.4 Å². The van der Waals surface area contributed by atoms with E-state index in [1.54, 1.807) is 4.57 Å². The van der Waals surface area contributed by atoms with Gasteiger partial charge in [0, 0.05) is 5.39 Å². The minimum Gasteiger partial charge on any atom is -0.488 e. The van der Waals surface area contributed by atoms with E-state index in [2.05, 4.69) is 5.48 Å². The quantitative estimate of drug-likeness (QED) is 0.501. The fourth-order valence-corrected chi connectivity index (χ4v) is 3.24. The lowest BCUT2D eigenvalue weighted by Crippen LogP contribution is -2.27. The van der Waals surface area contributed by atoms with Crippen LogP contribution in [0.3, 0.4) is 0 Å². The molecule has 1 amide bonds. The van der Waals surface area contributed by atoms with Gasteiger partial charge in [-0.05, 0) is 29.3 Å². The Hall–Kier alpha value is -3.57. The van der Waals surface area contributed by atoms with Crippen molar-refractivity contribution in [1.82, 2.24) is 10.0 Å². The van der Waals surface area contributed by atoms with E-state index >= 15 is 0 Å². The molecular weight excluding hydrogens is 352 g/mol. The Morgan fingerprint density at radius 3 is 2.36 bits per heavy atom. The molecule has 0 aliphatic rings. The van der Waals surface area contributed by atoms with Crippen LogP contribution in [-0.4, -0.2) is 17.7 Å². The number of benzene rings is 3. The van der Waals surface area contributed by atoms with E-state index in [1.807, 2.05) is 84.9 Å². The number of fused-ring (bicyclic) bond motifs is 1. The van der Waals surface area contributed by atoms with Crippen molar-refractivity contribution in [1.29, 1.82) is 0 Å². The molecule has 1 heterocycles. The van der Waals surface area contributed by atoms with Crippen LogP contribution in [0.15, 0.2) is 84.9 Å². The van der Waals surface area contributed by atoms with Gasteiger partial charge in [0.15, 0.2) is 0 Å². The van der Waals surface area contributed by atoms with E-state index in [0.29, 0.717) is 6.61 Å². The van der Waals surface area contributed by atoms with E-state index < -0.39 is 0 Å². The molecule has 1 N–H and O–H groups in total. The lowest BCUT2D eigenvalue weighted by atomic mass is 10.1. The number of aromatic nitrogens is 1. The first-order valence-corrected chi connectivity index (χ1v) is 8.98. The largest absolute Gasteiger partial charge is 0.488 e. The molecule has 0 unspecified atom stereocenters. The summed E-state index contributed by atoms with van der Waals surface area (Å²) in [7, 11) is 1.42. The molecule has 0 saturated heterocycles. The third kappa shape index (κ3) is 3.48. The van der Waals surface area contributed by atoms with E-state index in [-0.39, 0.29) is 6.03 Å². The summed E-state index contributed by atoms with van der Waals surface area (Å²) in [5.41, 5.74) is 5.94. The molecule has 0 aliphatic carbocycles. The summed E-state index contributed by atoms with van der Waals surface area (Å²) in [6.45, 7) is 0.454. The molecule has 4 rings (SSSR count). The monoisotopic (exact) mass is 372 g/mol. The Morgan fingerprint density at radius 2 is 1.64 bits per heavy atom. The predicted octanol–water partition coefficient (Wildman–Crippen LogP) is 5.01. The molecule has 5 nitrogen and oxygen atoms in total. The molecule has 0 bridgehead atoms. The zero-order valence-electron chi connectivity index (χ0n) is 15.5. The van der Waals surface area contributed by atoms with Gasteiger partial charge in [-0.1, -0.05) is 66.7 Å². The molecule has 0 aliphatic heterocycles. The van der Waals surface area contributed by atoms with Crippen molar-refractivity contribution in [2.24, 2.45) is 0 Å². The Bertz CT molecular complexity index is 1090. The standard InChI is InChI=1S/C23H20N2O3/c1-27-24-23(26)25-20-13-8-14-22(28-16-17-9-4-2-5-10-17)19(20)15-21(25)18-11-6-3-7-12-18/h2-15H,16H2,1H3,(H,24,26). The van der Waals surface area contributed by atoms with Crippen molar-refractivity contribution in [3.8, 4) is 17.0 Å². The van der Waals surface area contributed by atoms with Crippen LogP contribution in [0.1, 0.15) is 5.56 Å². The molecule has 28 heavy (non-hydrogen) atoms. The predicted molar refractivity (Wildman–Crippen MR) is 109 cm³/mol. The molecule has 3 aromatic carbocycles. The van der Waals surface area contributed by atoms with Gasteiger partial charge in [0.25, 0.3) is 0 Å². The minimum absolute atomic E-state index is 0.364. The molecule has 4 aromatic rings. The summed E-state index contributed by atoms with van der Waals surface area (Å²) in [6.07, 6.45) is 0. The fraction of sp³-hybridized carbons (Fsp3) is 0.0870. The molecule has 140 valence electrons. The Balaban J connectivity index is 1.80. The topological polar surface area (TPSA) is 52.5 Å². The Morgan fingerprint density at radius 1 is 0.929 bits per heavy atom. The number of hydrogen-bond donors (Lipinski definition) is 1. The number of hydrogen-bond acceptors (Lipinski definition) is 3. The lowest BCUT2D eigenvalue weighted by Gasteiger charge is -2.10. The summed E-state index contributed by atoms with van der Waals surface area (Å²) in [5, 5.41) is 0.864. The summed E-state index contributed by atoms with van der Waals surface area (Å²) < 4.78 is 7.67. The first-order chi connectivity index (χ1) is 13.8. The number of carbonyl (C=O) groups is 1. The van der Waals surface area contributed by atoms with Crippen LogP contribution in [-0.2, 0) is 11.4 Å². The maximum atomic E-state index is 12.7. The van der Waals surface area contributed by atoms with Crippen LogP contribution < -0.4 is 10.2 Å². The van der Waals surface area contributed by atoms with Gasteiger partial charge >= 0.3 is 6.03 Å². The van der Waals surface area contributed by atoms with Crippen molar-refractivity contribution in [3.63, 3.8) is 0 Å². The second kappa shape index (κ2) is 7.98. The van der Waals surface area contributed by atoms with E-state index in [0.717, 1.165) is 33.5 Å². The Labute approximate surface area is 163 Å². The minimum atomic E-state index is -0.364. The van der Waals surface area contributed by atoms with Gasteiger partial charge in [0.2, 0.25) is 0 Å². The zero-order valence-corrected chi connectivity index (χ0v) is 15.5. The second-order valence-corrected chi connectivity index (χ2v) is 6.31. The highest BCUT2D eigenvalue weighted by Crippen LogP contribution is 2.34. The first-order valence-electron chi connectivity index (χ1n) is 8.98. The maximum Gasteiger partial charge on any atom is 0.350 e. The van der Waals surface area contributed by atoms with E-state index in [1.165, 1.54) is 7.11 Å². The molecule has 0 spiro atoms. The normalized spacial score (nSPS) is 10.8. The highest BCUT2D eigenvalue weighted by Gasteiger charge is 2.18. The van der Waals surface area contributed by atoms with Crippen LogP contribution in [0, 0.1) is 0 Å². The van der Waals surface area contributed by atoms with Gasteiger partial charge in [-0.15, -0.1) is 0 Å². The fourth-order valence-electron chi connectivity index (χ4n) is 3.24. The number of amides is 1. The van der Waals surface area contributed by atoms with Gasteiger partial charge in [-0.25, -0.2) is 10.3 Å². The SMILES string of the molecule is CONC(=O)n1c(-c2ccccc2)cc2c(OCc3ccccc3)cccc21. The van der Waals surface area contributed by atoms with Crippen LogP contribution in [0.4, 0.5) is 4.79 Å². The number of nitrogens with one attached hydrogen (secondary N) is 1. The molecule has 1 aromatic heterocycles. The van der Waals surface area contributed by atoms with Crippen molar-refractivity contribution in [3.05, 3.63) is 90.5 Å². The smallest absolute Gasteiger partial charge is 0.350 e. The van der Waals surface area contributed by atoms with Crippen molar-refractivity contribution in [2.45, 2.75) is 6.61 Å². The molecular formula is C23H20N2O3. The van der Waals surface area contributed by atoms with Crippen molar-refractivity contribution in [2.75, 3.05) is 7.11 Å². The lowest BCUT2D eigenvalue weighted by molar-refractivity contribution is 0.109. The van der Waals surface area contributed by atoms with E-state index in [9.17, 15) is 4.79 Å². The molecule has 0 radical (unpaired) electrons. The van der Waals surface area contributed by atoms with E-state index in [4.69, 9.17) is 9.57 Å². The molecule has 0 fully saturated rings. The summed E-state index contributed by atoms with van der Waals surface area (Å²) in [4.78, 5) is 17.5. The van der Waals surface area contributed by atoms with Gasteiger partial charge in [-0.3, -0.25) is 9.40 Å².